The zero-order valence-corrected chi connectivity index (χ0v) is 27.9. The predicted octanol–water partition coefficient (Wildman–Crippen LogP) is 1.99. The van der Waals surface area contributed by atoms with Gasteiger partial charge < -0.3 is 31.1 Å². The molecular weight excluding hydrogens is 564 g/mol. The highest BCUT2D eigenvalue weighted by Gasteiger charge is 2.45. The Balaban J connectivity index is 2.21. The molecule has 0 aromatic heterocycles. The third-order valence-corrected chi connectivity index (χ3v) is 8.51. The van der Waals surface area contributed by atoms with Crippen LogP contribution >= 0.6 is 0 Å². The molecule has 2 aliphatic rings. The van der Waals surface area contributed by atoms with E-state index in [1.54, 1.807) is 4.90 Å². The first-order valence-electron chi connectivity index (χ1n) is 15.7. The monoisotopic (exact) mass is 618 g/mol. The molecule has 2 heterocycles. The largest absolute Gasteiger partial charge is 0.347 e. The van der Waals surface area contributed by atoms with Crippen LogP contribution in [-0.2, 0) is 24.0 Å². The number of nitrogens with zero attached hydrogens (tertiary/aromatic N) is 2. The van der Waals surface area contributed by atoms with Crippen LogP contribution in [0, 0.1) is 22.7 Å². The maximum atomic E-state index is 14.1. The molecule has 44 heavy (non-hydrogen) atoms. The lowest BCUT2D eigenvalue weighted by molar-refractivity contribution is -0.142. The molecule has 12 nitrogen and oxygen atoms in total. The summed E-state index contributed by atoms with van der Waals surface area (Å²) in [6, 6.07) is -2.72. The van der Waals surface area contributed by atoms with Gasteiger partial charge >= 0.3 is 6.03 Å². The number of hydrogen-bond donors (Lipinski definition) is 4. The van der Waals surface area contributed by atoms with Crippen molar-refractivity contribution in [2.45, 2.75) is 99.2 Å². The van der Waals surface area contributed by atoms with E-state index in [2.05, 4.69) is 27.8 Å². The first-order valence-corrected chi connectivity index (χ1v) is 15.7. The lowest BCUT2D eigenvalue weighted by Crippen LogP contribution is -2.61. The predicted molar refractivity (Wildman–Crippen MR) is 168 cm³/mol. The van der Waals surface area contributed by atoms with Crippen molar-refractivity contribution in [3.63, 3.8) is 0 Å². The number of urea groups is 1. The maximum Gasteiger partial charge on any atom is 0.315 e. The fraction of sp³-hybridized carbons (Fsp3) is 0.750. The van der Waals surface area contributed by atoms with Crippen LogP contribution in [0.15, 0.2) is 12.7 Å². The topological polar surface area (TPSA) is 157 Å². The van der Waals surface area contributed by atoms with Crippen LogP contribution in [0.25, 0.3) is 0 Å². The van der Waals surface area contributed by atoms with E-state index < -0.39 is 53.6 Å². The minimum Gasteiger partial charge on any atom is -0.347 e. The molecule has 6 amide bonds. The van der Waals surface area contributed by atoms with E-state index in [9.17, 15) is 28.8 Å². The molecular formula is C32H54N6O6. The summed E-state index contributed by atoms with van der Waals surface area (Å²) in [5.41, 5.74) is -1.07. The number of carbonyl (C=O) groups excluding carboxylic acids is 6. The van der Waals surface area contributed by atoms with Gasteiger partial charge in [-0.1, -0.05) is 61.5 Å². The molecule has 2 saturated heterocycles. The number of rotatable bonds is 12. The van der Waals surface area contributed by atoms with E-state index in [0.717, 1.165) is 12.8 Å². The van der Waals surface area contributed by atoms with Crippen LogP contribution in [0.5, 0.6) is 0 Å². The van der Waals surface area contributed by atoms with Gasteiger partial charge in [0.05, 0.1) is 12.6 Å². The van der Waals surface area contributed by atoms with Crippen LogP contribution in [0.4, 0.5) is 4.79 Å². The van der Waals surface area contributed by atoms with Crippen LogP contribution in [0.1, 0.15) is 81.1 Å². The van der Waals surface area contributed by atoms with Gasteiger partial charge in [-0.25, -0.2) is 4.79 Å². The van der Waals surface area contributed by atoms with Gasteiger partial charge in [-0.15, -0.1) is 6.58 Å². The van der Waals surface area contributed by atoms with Crippen LogP contribution in [-0.4, -0.2) is 96.1 Å². The Morgan fingerprint density at radius 2 is 1.64 bits per heavy atom. The molecule has 0 aromatic carbocycles. The van der Waals surface area contributed by atoms with E-state index in [1.165, 1.54) is 11.0 Å². The number of nitrogens with one attached hydrogen (secondary N) is 4. The number of piperidine rings is 1. The standard InChI is InChI=1S/C32H54N6O6/c1-10-14-33-28(42)23(39)17-34-27(41)22-16-21(20(2)3)18-38(22)29(43)26(32(7,8)9)36-30(44)35-24(31(4,5)6)19-37-15-12-11-13-25(37)40/h10,20-22,24,26H,1,11-19H2,2-9H3,(H,33,42)(H,34,41)(H2,35,36,44)/t21-,22+,24-,26-/m1/s1. The first-order chi connectivity index (χ1) is 20.4. The Labute approximate surface area is 262 Å². The van der Waals surface area contributed by atoms with Crippen molar-refractivity contribution in [1.29, 1.82) is 0 Å². The first kappa shape index (κ1) is 36.8. The summed E-state index contributed by atoms with van der Waals surface area (Å²) in [6.45, 7) is 20.0. The molecule has 2 aliphatic heterocycles. The second-order valence-electron chi connectivity index (χ2n) is 14.5. The Kier molecular flexibility index (Phi) is 13.0. The van der Waals surface area contributed by atoms with E-state index >= 15 is 0 Å². The molecule has 2 rings (SSSR count). The molecule has 0 unspecified atom stereocenters. The number of Topliss-reactive ketones (excluding diaryl/α,β-unsaturated/α-hetero) is 1. The lowest BCUT2D eigenvalue weighted by atomic mass is 9.85. The quantitative estimate of drug-likeness (QED) is 0.194. The fourth-order valence-electron chi connectivity index (χ4n) is 5.43. The summed E-state index contributed by atoms with van der Waals surface area (Å²) in [4.78, 5) is 80.8. The third-order valence-electron chi connectivity index (χ3n) is 8.51. The summed E-state index contributed by atoms with van der Waals surface area (Å²) in [7, 11) is 0. The SMILES string of the molecule is C=CCNC(=O)C(=O)CNC(=O)[C@@H]1C[C@@H](C(C)C)CN1C(=O)[C@@H](NC(=O)N[C@H](CN1CCCCC1=O)C(C)(C)C)C(C)(C)C. The van der Waals surface area contributed by atoms with E-state index in [-0.39, 0.29) is 35.7 Å². The van der Waals surface area contributed by atoms with Gasteiger partial charge in [0, 0.05) is 32.6 Å². The second kappa shape index (κ2) is 15.5. The zero-order chi connectivity index (χ0) is 33.4. The zero-order valence-electron chi connectivity index (χ0n) is 27.9. The summed E-state index contributed by atoms with van der Waals surface area (Å²) in [5.74, 6) is -2.26. The molecule has 0 radical (unpaired) electrons. The van der Waals surface area contributed by atoms with Gasteiger partial charge in [-0.2, -0.15) is 0 Å². The van der Waals surface area contributed by atoms with E-state index in [0.29, 0.717) is 32.5 Å². The minimum absolute atomic E-state index is 0.0306. The van der Waals surface area contributed by atoms with Crippen molar-refractivity contribution >= 4 is 35.4 Å². The molecule has 0 aromatic rings. The number of carbonyl (C=O) groups is 6. The molecule has 4 atom stereocenters. The molecule has 248 valence electrons. The molecule has 0 saturated carbocycles. The highest BCUT2D eigenvalue weighted by atomic mass is 16.2. The van der Waals surface area contributed by atoms with Crippen molar-refractivity contribution in [3.05, 3.63) is 12.7 Å². The highest BCUT2D eigenvalue weighted by molar-refractivity contribution is 6.37. The fourth-order valence-corrected chi connectivity index (χ4v) is 5.43. The Morgan fingerprint density at radius 3 is 2.18 bits per heavy atom. The van der Waals surface area contributed by atoms with Gasteiger partial charge in [0.15, 0.2) is 0 Å². The van der Waals surface area contributed by atoms with Crippen molar-refractivity contribution in [1.82, 2.24) is 31.1 Å². The normalized spacial score (nSPS) is 20.5. The Hall–Kier alpha value is -3.44. The van der Waals surface area contributed by atoms with Crippen molar-refractivity contribution in [2.24, 2.45) is 22.7 Å². The number of likely N-dealkylation sites (tertiary alicyclic amines) is 2. The van der Waals surface area contributed by atoms with Gasteiger partial charge in [-0.05, 0) is 41.9 Å². The lowest BCUT2D eigenvalue weighted by Gasteiger charge is -2.39. The van der Waals surface area contributed by atoms with Crippen molar-refractivity contribution in [3.8, 4) is 0 Å². The summed E-state index contributed by atoms with van der Waals surface area (Å²) in [5, 5.41) is 10.8. The Bertz CT molecular complexity index is 1090. The number of amides is 6. The maximum absolute atomic E-state index is 14.1. The summed E-state index contributed by atoms with van der Waals surface area (Å²) in [6.07, 6.45) is 4.13. The van der Waals surface area contributed by atoms with Gasteiger partial charge in [-0.3, -0.25) is 24.0 Å². The second-order valence-corrected chi connectivity index (χ2v) is 14.5. The molecule has 0 aliphatic carbocycles. The third kappa shape index (κ3) is 10.3. The van der Waals surface area contributed by atoms with Gasteiger partial charge in [0.25, 0.3) is 5.91 Å². The van der Waals surface area contributed by atoms with Gasteiger partial charge in [0.2, 0.25) is 23.5 Å². The summed E-state index contributed by atoms with van der Waals surface area (Å²) < 4.78 is 0. The van der Waals surface area contributed by atoms with E-state index in [1.807, 2.05) is 55.4 Å². The van der Waals surface area contributed by atoms with E-state index in [4.69, 9.17) is 0 Å². The molecule has 0 bridgehead atoms. The summed E-state index contributed by atoms with van der Waals surface area (Å²) >= 11 is 0. The van der Waals surface area contributed by atoms with Crippen molar-refractivity contribution in [2.75, 3.05) is 32.7 Å². The van der Waals surface area contributed by atoms with Crippen LogP contribution in [0.2, 0.25) is 0 Å². The molecule has 12 heteroatoms. The highest BCUT2D eigenvalue weighted by Crippen LogP contribution is 2.32. The minimum atomic E-state index is -0.965. The average molecular weight is 619 g/mol. The average Bonchev–Trinajstić information content (AvgIpc) is 3.38. The van der Waals surface area contributed by atoms with Crippen LogP contribution in [0.3, 0.4) is 0 Å². The number of hydrogen-bond acceptors (Lipinski definition) is 6. The molecule has 0 spiro atoms. The Morgan fingerprint density at radius 1 is 0.977 bits per heavy atom. The molecule has 4 N–H and O–H groups in total. The smallest absolute Gasteiger partial charge is 0.315 e. The van der Waals surface area contributed by atoms with Crippen molar-refractivity contribution < 1.29 is 28.8 Å². The van der Waals surface area contributed by atoms with Gasteiger partial charge in [0.1, 0.15) is 12.1 Å². The number of ketones is 1. The molecule has 2 fully saturated rings. The van der Waals surface area contributed by atoms with Crippen LogP contribution < -0.4 is 21.3 Å².